The molecule has 3 aromatic rings. The van der Waals surface area contributed by atoms with Gasteiger partial charge in [0.05, 0.1) is 0 Å². The van der Waals surface area contributed by atoms with Gasteiger partial charge in [0, 0.05) is 41.7 Å². The normalized spacial score (nSPS) is 12.2. The van der Waals surface area contributed by atoms with E-state index < -0.39 is 29.5 Å². The Morgan fingerprint density at radius 1 is 0.775 bits per heavy atom. The van der Waals surface area contributed by atoms with Crippen LogP contribution in [-0.2, 0) is 5.67 Å². The van der Waals surface area contributed by atoms with Crippen LogP contribution < -0.4 is 15.5 Å². The third-order valence-corrected chi connectivity index (χ3v) is 6.30. The molecule has 0 unspecified atom stereocenters. The molecule has 0 aliphatic carbocycles. The van der Waals surface area contributed by atoms with Crippen LogP contribution in [0.5, 0.6) is 0 Å². The second kappa shape index (κ2) is 11.7. The summed E-state index contributed by atoms with van der Waals surface area (Å²) in [5, 5.41) is 0. The first kappa shape index (κ1) is 30.6. The molecule has 0 heterocycles. The van der Waals surface area contributed by atoms with Crippen LogP contribution in [0.4, 0.5) is 42.1 Å². The quantitative estimate of drug-likeness (QED) is 0.313. The smallest absolute Gasteiger partial charge is 0.330 e. The van der Waals surface area contributed by atoms with Crippen molar-refractivity contribution in [1.82, 2.24) is 0 Å². The largest absolute Gasteiger partial charge is 0.435 e. The minimum atomic E-state index is -6.26. The van der Waals surface area contributed by atoms with Gasteiger partial charge >= 0.3 is 18.0 Å². The summed E-state index contributed by atoms with van der Waals surface area (Å²) in [7, 11) is 1.27. The number of halogens is 7. The lowest BCUT2D eigenvalue weighted by molar-refractivity contribution is -0.348. The third-order valence-electron chi connectivity index (χ3n) is 6.30. The molecule has 12 heteroatoms. The van der Waals surface area contributed by atoms with Crippen molar-refractivity contribution in [3.05, 3.63) is 95.1 Å². The second-order valence-corrected chi connectivity index (χ2v) is 9.03. The average molecular weight is 570 g/mol. The van der Waals surface area contributed by atoms with Crippen LogP contribution in [0.3, 0.4) is 0 Å². The highest BCUT2D eigenvalue weighted by atomic mass is 19.4. The first-order chi connectivity index (χ1) is 18.6. The summed E-state index contributed by atoms with van der Waals surface area (Å²) < 4.78 is 93.6. The molecule has 0 saturated carbocycles. The lowest BCUT2D eigenvalue weighted by atomic mass is 9.92. The summed E-state index contributed by atoms with van der Waals surface area (Å²) in [6.45, 7) is 1.72. The monoisotopic (exact) mass is 569 g/mol. The highest BCUT2D eigenvalue weighted by molar-refractivity contribution is 6.09. The standard InChI is InChI=1S/C28H26F7N3O2/c1-18-16-21(26(29,27(30,31)32)28(33,34)35)12-13-23(18)37(2)24(39)20-10-6-11-22(17-20)38(15-7-14-36)25(40)19-8-4-3-5-9-19/h3-6,8-13,16-17H,7,14-15,36H2,1-2H3. The SMILES string of the molecule is Cc1cc(C(F)(C(F)(F)F)C(F)(F)F)ccc1N(C)C(=O)c1cccc(N(CCCN)C(=O)c2ccccc2)c1. The van der Waals surface area contributed by atoms with Crippen LogP contribution in [-0.4, -0.2) is 44.3 Å². The Morgan fingerprint density at radius 3 is 1.93 bits per heavy atom. The van der Waals surface area contributed by atoms with Crippen molar-refractivity contribution in [2.45, 2.75) is 31.4 Å². The van der Waals surface area contributed by atoms with E-state index in [0.717, 1.165) is 11.0 Å². The van der Waals surface area contributed by atoms with Gasteiger partial charge in [0.1, 0.15) is 0 Å². The number of nitrogens with two attached hydrogens (primary N) is 1. The highest BCUT2D eigenvalue weighted by Crippen LogP contribution is 2.53. The van der Waals surface area contributed by atoms with E-state index in [4.69, 9.17) is 5.73 Å². The van der Waals surface area contributed by atoms with Gasteiger partial charge in [-0.05, 0) is 61.9 Å². The van der Waals surface area contributed by atoms with Crippen molar-refractivity contribution in [1.29, 1.82) is 0 Å². The Hall–Kier alpha value is -3.93. The fourth-order valence-electron chi connectivity index (χ4n) is 4.18. The van der Waals surface area contributed by atoms with E-state index in [1.54, 1.807) is 36.4 Å². The molecule has 0 aliphatic heterocycles. The topological polar surface area (TPSA) is 66.6 Å². The Kier molecular flexibility index (Phi) is 8.93. The van der Waals surface area contributed by atoms with E-state index in [2.05, 4.69) is 0 Å². The molecule has 0 fully saturated rings. The summed E-state index contributed by atoms with van der Waals surface area (Å²) in [6, 6.07) is 16.1. The Morgan fingerprint density at radius 2 is 1.38 bits per heavy atom. The molecule has 0 bridgehead atoms. The summed E-state index contributed by atoms with van der Waals surface area (Å²) in [4.78, 5) is 28.9. The van der Waals surface area contributed by atoms with Gasteiger partial charge in [0.25, 0.3) is 11.8 Å². The number of anilines is 2. The number of rotatable bonds is 8. The van der Waals surface area contributed by atoms with Gasteiger partial charge in [-0.3, -0.25) is 9.59 Å². The number of nitrogens with zero attached hydrogens (tertiary/aromatic N) is 2. The number of hydrogen-bond donors (Lipinski definition) is 1. The number of hydrogen-bond acceptors (Lipinski definition) is 3. The first-order valence-corrected chi connectivity index (χ1v) is 12.0. The third kappa shape index (κ3) is 5.96. The molecular formula is C28H26F7N3O2. The highest BCUT2D eigenvalue weighted by Gasteiger charge is 2.73. The Bertz CT molecular complexity index is 1340. The zero-order valence-electron chi connectivity index (χ0n) is 21.5. The van der Waals surface area contributed by atoms with Gasteiger partial charge in [-0.1, -0.05) is 36.4 Å². The molecule has 5 nitrogen and oxygen atoms in total. The fraction of sp³-hybridized carbons (Fsp3) is 0.286. The molecule has 3 aromatic carbocycles. The van der Waals surface area contributed by atoms with E-state index in [0.29, 0.717) is 36.3 Å². The van der Waals surface area contributed by atoms with Gasteiger partial charge in [0.2, 0.25) is 0 Å². The molecular weight excluding hydrogens is 543 g/mol. The van der Waals surface area contributed by atoms with Crippen molar-refractivity contribution >= 4 is 23.2 Å². The molecule has 2 amide bonds. The van der Waals surface area contributed by atoms with E-state index in [9.17, 15) is 40.3 Å². The maximum Gasteiger partial charge on any atom is 0.435 e. The molecule has 2 N–H and O–H groups in total. The number of amides is 2. The summed E-state index contributed by atoms with van der Waals surface area (Å²) in [5.74, 6) is -0.996. The number of carbonyl (C=O) groups excluding carboxylic acids is 2. The van der Waals surface area contributed by atoms with Gasteiger partial charge in [0.15, 0.2) is 0 Å². The molecule has 0 aliphatic rings. The predicted molar refractivity (Wildman–Crippen MR) is 137 cm³/mol. The Labute approximate surface area is 226 Å². The average Bonchev–Trinajstić information content (AvgIpc) is 2.91. The van der Waals surface area contributed by atoms with Gasteiger partial charge in [-0.2, -0.15) is 26.3 Å². The summed E-state index contributed by atoms with van der Waals surface area (Å²) in [6.07, 6.45) is -12.0. The van der Waals surface area contributed by atoms with E-state index in [1.165, 1.54) is 37.1 Å². The van der Waals surface area contributed by atoms with E-state index in [-0.39, 0.29) is 29.3 Å². The minimum absolute atomic E-state index is 0.0359. The number of aryl methyl sites for hydroxylation is 1. The zero-order valence-corrected chi connectivity index (χ0v) is 21.5. The van der Waals surface area contributed by atoms with Gasteiger partial charge < -0.3 is 15.5 Å². The van der Waals surface area contributed by atoms with Crippen molar-refractivity contribution in [3.8, 4) is 0 Å². The predicted octanol–water partition coefficient (Wildman–Crippen LogP) is 6.56. The van der Waals surface area contributed by atoms with Crippen LogP contribution in [0.25, 0.3) is 0 Å². The van der Waals surface area contributed by atoms with Crippen LogP contribution in [0.15, 0.2) is 72.8 Å². The number of carbonyl (C=O) groups is 2. The van der Waals surface area contributed by atoms with Crippen molar-refractivity contribution in [2.24, 2.45) is 5.73 Å². The van der Waals surface area contributed by atoms with Gasteiger partial charge in [-0.15, -0.1) is 0 Å². The van der Waals surface area contributed by atoms with E-state index >= 15 is 0 Å². The maximum absolute atomic E-state index is 14.5. The molecule has 40 heavy (non-hydrogen) atoms. The molecule has 0 atom stereocenters. The molecule has 3 rings (SSSR count). The molecule has 0 spiro atoms. The number of benzene rings is 3. The van der Waals surface area contributed by atoms with Crippen molar-refractivity contribution in [3.63, 3.8) is 0 Å². The lowest BCUT2D eigenvalue weighted by Crippen LogP contribution is -2.50. The Balaban J connectivity index is 1.95. The number of alkyl halides is 7. The maximum atomic E-state index is 14.5. The van der Waals surface area contributed by atoms with Crippen LogP contribution in [0.1, 0.15) is 38.3 Å². The minimum Gasteiger partial charge on any atom is -0.330 e. The molecule has 214 valence electrons. The molecule has 0 radical (unpaired) electrons. The first-order valence-electron chi connectivity index (χ1n) is 12.0. The molecule has 0 saturated heterocycles. The van der Waals surface area contributed by atoms with Gasteiger partial charge in [-0.25, -0.2) is 4.39 Å². The van der Waals surface area contributed by atoms with Crippen molar-refractivity contribution in [2.75, 3.05) is 29.9 Å². The zero-order chi connectivity index (χ0) is 29.9. The van der Waals surface area contributed by atoms with Crippen LogP contribution in [0, 0.1) is 6.92 Å². The van der Waals surface area contributed by atoms with E-state index in [1.807, 2.05) is 0 Å². The summed E-state index contributed by atoms with van der Waals surface area (Å²) >= 11 is 0. The lowest BCUT2D eigenvalue weighted by Gasteiger charge is -2.31. The summed E-state index contributed by atoms with van der Waals surface area (Å²) in [5.41, 5.74) is -0.951. The van der Waals surface area contributed by atoms with Crippen LogP contribution in [0.2, 0.25) is 0 Å². The second-order valence-electron chi connectivity index (χ2n) is 9.03. The van der Waals surface area contributed by atoms with Crippen molar-refractivity contribution < 1.29 is 40.3 Å². The molecule has 0 aromatic heterocycles. The fourth-order valence-corrected chi connectivity index (χ4v) is 4.18. The van der Waals surface area contributed by atoms with Crippen LogP contribution >= 0.6 is 0 Å².